The average Bonchev–Trinajstić information content (AvgIpc) is 2.18. The van der Waals surface area contributed by atoms with Gasteiger partial charge in [-0.2, -0.15) is 0 Å². The fraction of sp³-hybridized carbons (Fsp3) is 0.500. The van der Waals surface area contributed by atoms with Crippen molar-refractivity contribution in [3.05, 3.63) is 24.0 Å². The molecule has 0 atom stereocenters. The predicted molar refractivity (Wildman–Crippen MR) is 59.2 cm³/mol. The van der Waals surface area contributed by atoms with Crippen LogP contribution in [-0.4, -0.2) is 16.4 Å². The first-order valence-corrected chi connectivity index (χ1v) is 5.10. The van der Waals surface area contributed by atoms with Crippen molar-refractivity contribution in [2.24, 2.45) is 0 Å². The Labute approximate surface area is 90.5 Å². The lowest BCUT2D eigenvalue weighted by Gasteiger charge is -2.24. The van der Waals surface area contributed by atoms with E-state index in [1.54, 1.807) is 18.3 Å². The van der Waals surface area contributed by atoms with Gasteiger partial charge >= 0.3 is 0 Å². The van der Waals surface area contributed by atoms with Crippen molar-refractivity contribution in [3.8, 4) is 5.75 Å². The summed E-state index contributed by atoms with van der Waals surface area (Å²) in [5.74, 6) is 0.670. The van der Waals surface area contributed by atoms with Gasteiger partial charge in [0.25, 0.3) is 0 Å². The summed E-state index contributed by atoms with van der Waals surface area (Å²) in [6, 6.07) is 3.46. The monoisotopic (exact) mass is 207 g/mol. The molecule has 0 bridgehead atoms. The second-order valence-corrected chi connectivity index (χ2v) is 4.15. The summed E-state index contributed by atoms with van der Waals surface area (Å²) in [6.45, 7) is 7.61. The van der Waals surface area contributed by atoms with Gasteiger partial charge in [-0.15, -0.1) is 0 Å². The van der Waals surface area contributed by atoms with Gasteiger partial charge in [0.15, 0.2) is 5.78 Å². The molecule has 0 fully saturated rings. The van der Waals surface area contributed by atoms with Gasteiger partial charge in [-0.25, -0.2) is 4.98 Å². The minimum Gasteiger partial charge on any atom is -0.486 e. The van der Waals surface area contributed by atoms with E-state index in [0.717, 1.165) is 6.42 Å². The highest BCUT2D eigenvalue weighted by Gasteiger charge is 2.16. The number of nitrogens with zero attached hydrogens (tertiary/aromatic N) is 1. The summed E-state index contributed by atoms with van der Waals surface area (Å²) in [7, 11) is 0. The van der Waals surface area contributed by atoms with Crippen LogP contribution in [0.2, 0.25) is 0 Å². The molecule has 3 nitrogen and oxygen atoms in total. The summed E-state index contributed by atoms with van der Waals surface area (Å²) in [5.41, 5.74) is 0.274. The molecule has 0 aromatic carbocycles. The van der Waals surface area contributed by atoms with Crippen molar-refractivity contribution in [3.63, 3.8) is 0 Å². The Morgan fingerprint density at radius 1 is 1.47 bits per heavy atom. The van der Waals surface area contributed by atoms with Gasteiger partial charge in [-0.05, 0) is 32.4 Å². The summed E-state index contributed by atoms with van der Waals surface area (Å²) in [5, 5.41) is 0. The van der Waals surface area contributed by atoms with Gasteiger partial charge < -0.3 is 4.74 Å². The molecule has 0 aliphatic rings. The van der Waals surface area contributed by atoms with Crippen LogP contribution in [0, 0.1) is 0 Å². The number of carbonyl (C=O) groups is 1. The molecule has 1 aromatic rings. The van der Waals surface area contributed by atoms with Crippen LogP contribution in [0.4, 0.5) is 0 Å². The molecule has 0 aliphatic heterocycles. The van der Waals surface area contributed by atoms with Crippen molar-refractivity contribution in [2.45, 2.75) is 39.7 Å². The van der Waals surface area contributed by atoms with E-state index < -0.39 is 0 Å². The molecule has 15 heavy (non-hydrogen) atoms. The zero-order valence-electron chi connectivity index (χ0n) is 9.70. The van der Waals surface area contributed by atoms with Gasteiger partial charge in [-0.1, -0.05) is 6.92 Å². The third-order valence-corrected chi connectivity index (χ3v) is 2.34. The van der Waals surface area contributed by atoms with E-state index in [0.29, 0.717) is 11.4 Å². The highest BCUT2D eigenvalue weighted by atomic mass is 16.5. The number of carbonyl (C=O) groups excluding carboxylic acids is 1. The normalized spacial score (nSPS) is 11.2. The largest absolute Gasteiger partial charge is 0.486 e. The molecular weight excluding hydrogens is 190 g/mol. The minimum absolute atomic E-state index is 0.0312. The Balaban J connectivity index is 2.77. The van der Waals surface area contributed by atoms with Crippen molar-refractivity contribution in [1.29, 1.82) is 0 Å². The summed E-state index contributed by atoms with van der Waals surface area (Å²) >= 11 is 0. The number of pyridine rings is 1. The second-order valence-electron chi connectivity index (χ2n) is 4.15. The number of ketones is 1. The first kappa shape index (κ1) is 11.7. The third-order valence-electron chi connectivity index (χ3n) is 2.34. The molecule has 0 saturated heterocycles. The lowest BCUT2D eigenvalue weighted by molar-refractivity contribution is 0.100. The zero-order valence-corrected chi connectivity index (χ0v) is 9.70. The molecule has 1 heterocycles. The van der Waals surface area contributed by atoms with Crippen molar-refractivity contribution in [2.75, 3.05) is 0 Å². The highest BCUT2D eigenvalue weighted by molar-refractivity contribution is 5.92. The van der Waals surface area contributed by atoms with Gasteiger partial charge in [0.1, 0.15) is 17.0 Å². The topological polar surface area (TPSA) is 39.2 Å². The Morgan fingerprint density at radius 2 is 2.13 bits per heavy atom. The molecule has 0 spiro atoms. The van der Waals surface area contributed by atoms with Crippen LogP contribution in [-0.2, 0) is 0 Å². The second kappa shape index (κ2) is 4.43. The van der Waals surface area contributed by atoms with E-state index in [2.05, 4.69) is 11.9 Å². The first-order chi connectivity index (χ1) is 6.94. The number of aromatic nitrogens is 1. The highest BCUT2D eigenvalue weighted by Crippen LogP contribution is 2.19. The lowest BCUT2D eigenvalue weighted by Crippen LogP contribution is -2.26. The number of hydrogen-bond acceptors (Lipinski definition) is 3. The molecule has 0 unspecified atom stereocenters. The minimum atomic E-state index is -0.195. The summed E-state index contributed by atoms with van der Waals surface area (Å²) in [4.78, 5) is 15.0. The lowest BCUT2D eigenvalue weighted by atomic mass is 10.1. The number of rotatable bonds is 4. The maximum atomic E-state index is 11.0. The molecule has 1 rings (SSSR count). The summed E-state index contributed by atoms with van der Waals surface area (Å²) in [6.07, 6.45) is 2.51. The standard InChI is InChI=1S/C12H17NO2/c1-5-12(3,4)15-10-6-7-11(9(2)14)13-8-10/h6-8H,5H2,1-4H3. The Morgan fingerprint density at radius 3 is 2.53 bits per heavy atom. The maximum Gasteiger partial charge on any atom is 0.178 e. The molecule has 82 valence electrons. The van der Waals surface area contributed by atoms with E-state index in [1.807, 2.05) is 13.8 Å². The van der Waals surface area contributed by atoms with Crippen LogP contribution in [0.15, 0.2) is 18.3 Å². The Bertz CT molecular complexity index is 341. The number of ether oxygens (including phenoxy) is 1. The van der Waals surface area contributed by atoms with Gasteiger partial charge in [-0.3, -0.25) is 4.79 Å². The first-order valence-electron chi connectivity index (χ1n) is 5.10. The molecular formula is C12H17NO2. The smallest absolute Gasteiger partial charge is 0.178 e. The predicted octanol–water partition coefficient (Wildman–Crippen LogP) is 2.85. The number of hydrogen-bond donors (Lipinski definition) is 0. The van der Waals surface area contributed by atoms with Crippen LogP contribution in [0.25, 0.3) is 0 Å². The fourth-order valence-corrected chi connectivity index (χ4v) is 1.04. The van der Waals surface area contributed by atoms with Crippen molar-refractivity contribution < 1.29 is 9.53 Å². The quantitative estimate of drug-likeness (QED) is 0.713. The SMILES string of the molecule is CCC(C)(C)Oc1ccc(C(C)=O)nc1. The maximum absolute atomic E-state index is 11.0. The van der Waals surface area contributed by atoms with E-state index in [4.69, 9.17) is 4.74 Å². The van der Waals surface area contributed by atoms with Crippen LogP contribution in [0.5, 0.6) is 5.75 Å². The van der Waals surface area contributed by atoms with E-state index in [1.165, 1.54) is 6.92 Å². The molecule has 1 aromatic heterocycles. The third kappa shape index (κ3) is 3.35. The van der Waals surface area contributed by atoms with Crippen LogP contribution < -0.4 is 4.74 Å². The molecule has 0 amide bonds. The van der Waals surface area contributed by atoms with Crippen molar-refractivity contribution >= 4 is 5.78 Å². The van der Waals surface area contributed by atoms with Crippen LogP contribution in [0.1, 0.15) is 44.6 Å². The van der Waals surface area contributed by atoms with E-state index in [-0.39, 0.29) is 11.4 Å². The molecule has 3 heteroatoms. The molecule has 0 N–H and O–H groups in total. The Hall–Kier alpha value is -1.38. The average molecular weight is 207 g/mol. The van der Waals surface area contributed by atoms with Crippen LogP contribution >= 0.6 is 0 Å². The summed E-state index contributed by atoms with van der Waals surface area (Å²) < 4.78 is 5.71. The zero-order chi connectivity index (χ0) is 11.5. The molecule has 0 radical (unpaired) electrons. The fourth-order valence-electron chi connectivity index (χ4n) is 1.04. The van der Waals surface area contributed by atoms with E-state index in [9.17, 15) is 4.79 Å². The van der Waals surface area contributed by atoms with Gasteiger partial charge in [0.2, 0.25) is 0 Å². The number of Topliss-reactive ketones (excluding diaryl/α,β-unsaturated/α-hetero) is 1. The van der Waals surface area contributed by atoms with Crippen molar-refractivity contribution in [1.82, 2.24) is 4.98 Å². The van der Waals surface area contributed by atoms with Gasteiger partial charge in [0.05, 0.1) is 6.20 Å². The Kier molecular flexibility index (Phi) is 3.45. The van der Waals surface area contributed by atoms with Gasteiger partial charge in [0, 0.05) is 6.92 Å². The molecule has 0 saturated carbocycles. The molecule has 0 aliphatic carbocycles. The van der Waals surface area contributed by atoms with E-state index >= 15 is 0 Å². The van der Waals surface area contributed by atoms with Crippen LogP contribution in [0.3, 0.4) is 0 Å².